The number of fused-ring (bicyclic) bond motifs is 1. The fraction of sp³-hybridized carbons (Fsp3) is 0.214. The van der Waals surface area contributed by atoms with Gasteiger partial charge in [0.05, 0.1) is 5.71 Å². The molecule has 0 aliphatic rings. The first-order chi connectivity index (χ1) is 7.86. The van der Waals surface area contributed by atoms with Gasteiger partial charge in [0, 0.05) is 17.4 Å². The zero-order valence-electron chi connectivity index (χ0n) is 9.28. The van der Waals surface area contributed by atoms with Gasteiger partial charge in [0.15, 0.2) is 0 Å². The number of rotatable bonds is 3. The van der Waals surface area contributed by atoms with Crippen LogP contribution in [0.25, 0.3) is 10.8 Å². The van der Waals surface area contributed by atoms with E-state index in [0.29, 0.717) is 0 Å². The fourth-order valence-corrected chi connectivity index (χ4v) is 2.35. The van der Waals surface area contributed by atoms with Gasteiger partial charge in [-0.3, -0.25) is 4.99 Å². The molecule has 0 aliphatic heterocycles. The zero-order chi connectivity index (χ0) is 11.4. The summed E-state index contributed by atoms with van der Waals surface area (Å²) >= 11 is 3.51. The summed E-state index contributed by atoms with van der Waals surface area (Å²) in [6, 6.07) is 14.8. The number of hydrogen-bond donors (Lipinski definition) is 0. The number of aliphatic imine (C=N–C) groups is 1. The molecule has 0 atom stereocenters. The van der Waals surface area contributed by atoms with Crippen LogP contribution in [0.3, 0.4) is 0 Å². The van der Waals surface area contributed by atoms with Crippen molar-refractivity contribution in [3.8, 4) is 0 Å². The maximum atomic E-state index is 4.53. The maximum absolute atomic E-state index is 4.53. The molecule has 2 heteroatoms. The number of hydrogen-bond acceptors (Lipinski definition) is 1. The average molecular weight is 276 g/mol. The van der Waals surface area contributed by atoms with Crippen molar-refractivity contribution in [2.75, 3.05) is 11.9 Å². The minimum absolute atomic E-state index is 0.800. The van der Waals surface area contributed by atoms with Crippen molar-refractivity contribution in [1.29, 1.82) is 0 Å². The molecule has 0 aliphatic carbocycles. The Balaban J connectivity index is 2.64. The summed E-state index contributed by atoms with van der Waals surface area (Å²) in [5.41, 5.74) is 2.36. The lowest BCUT2D eigenvalue weighted by Crippen LogP contribution is -2.03. The van der Waals surface area contributed by atoms with Crippen molar-refractivity contribution in [1.82, 2.24) is 0 Å². The van der Waals surface area contributed by atoms with Gasteiger partial charge in [-0.15, -0.1) is 0 Å². The van der Waals surface area contributed by atoms with Crippen molar-refractivity contribution in [2.45, 2.75) is 6.92 Å². The van der Waals surface area contributed by atoms with Gasteiger partial charge in [0.2, 0.25) is 0 Å². The second kappa shape index (κ2) is 5.26. The molecule has 2 aromatic carbocycles. The van der Waals surface area contributed by atoms with Crippen LogP contribution in [0, 0.1) is 0 Å². The third-order valence-corrected chi connectivity index (χ3v) is 3.11. The molecule has 0 amide bonds. The molecule has 0 unspecified atom stereocenters. The van der Waals surface area contributed by atoms with E-state index in [-0.39, 0.29) is 0 Å². The second-order valence-electron chi connectivity index (χ2n) is 3.58. The number of alkyl halides is 1. The van der Waals surface area contributed by atoms with Gasteiger partial charge in [0.1, 0.15) is 0 Å². The summed E-state index contributed by atoms with van der Waals surface area (Å²) in [5, 5.41) is 3.34. The van der Waals surface area contributed by atoms with Crippen molar-refractivity contribution < 1.29 is 0 Å². The monoisotopic (exact) mass is 275 g/mol. The van der Waals surface area contributed by atoms with E-state index in [2.05, 4.69) is 70.3 Å². The number of nitrogens with zero attached hydrogens (tertiary/aromatic N) is 1. The predicted molar refractivity (Wildman–Crippen MR) is 74.8 cm³/mol. The molecule has 0 saturated carbocycles. The lowest BCUT2D eigenvalue weighted by atomic mass is 10.0. The van der Waals surface area contributed by atoms with Gasteiger partial charge in [0.25, 0.3) is 0 Å². The number of halogens is 1. The molecule has 2 aromatic rings. The Morgan fingerprint density at radius 1 is 1.12 bits per heavy atom. The van der Waals surface area contributed by atoms with E-state index >= 15 is 0 Å². The van der Waals surface area contributed by atoms with Crippen LogP contribution in [-0.4, -0.2) is 17.6 Å². The van der Waals surface area contributed by atoms with Crippen LogP contribution >= 0.6 is 15.9 Å². The molecule has 0 N–H and O–H groups in total. The van der Waals surface area contributed by atoms with E-state index in [1.807, 2.05) is 0 Å². The summed E-state index contributed by atoms with van der Waals surface area (Å²) in [4.78, 5) is 4.53. The van der Waals surface area contributed by atoms with E-state index in [4.69, 9.17) is 0 Å². The van der Waals surface area contributed by atoms with Crippen molar-refractivity contribution in [2.24, 2.45) is 4.99 Å². The van der Waals surface area contributed by atoms with Crippen molar-refractivity contribution in [3.05, 3.63) is 48.0 Å². The average Bonchev–Trinajstić information content (AvgIpc) is 2.35. The SMILES string of the molecule is CCN=C(CBr)c1cccc2ccccc12. The van der Waals surface area contributed by atoms with E-state index in [9.17, 15) is 0 Å². The number of benzene rings is 2. The van der Waals surface area contributed by atoms with Gasteiger partial charge >= 0.3 is 0 Å². The van der Waals surface area contributed by atoms with Crippen LogP contribution < -0.4 is 0 Å². The first-order valence-electron chi connectivity index (χ1n) is 5.44. The van der Waals surface area contributed by atoms with Crippen LogP contribution in [0.2, 0.25) is 0 Å². The molecule has 0 heterocycles. The summed E-state index contributed by atoms with van der Waals surface area (Å²) in [6.45, 7) is 2.89. The van der Waals surface area contributed by atoms with Gasteiger partial charge < -0.3 is 0 Å². The molecule has 1 nitrogen and oxygen atoms in total. The molecule has 16 heavy (non-hydrogen) atoms. The predicted octanol–water partition coefficient (Wildman–Crippen LogP) is 4.04. The van der Waals surface area contributed by atoms with Crippen LogP contribution in [-0.2, 0) is 0 Å². The lowest BCUT2D eigenvalue weighted by molar-refractivity contribution is 1.13. The van der Waals surface area contributed by atoms with Gasteiger partial charge in [-0.1, -0.05) is 58.4 Å². The Morgan fingerprint density at radius 2 is 1.88 bits per heavy atom. The first-order valence-corrected chi connectivity index (χ1v) is 6.56. The normalized spacial score (nSPS) is 12.0. The molecule has 0 spiro atoms. The van der Waals surface area contributed by atoms with Crippen molar-refractivity contribution in [3.63, 3.8) is 0 Å². The molecule has 0 saturated heterocycles. The molecule has 0 fully saturated rings. The first kappa shape index (κ1) is 11.3. The molecule has 0 bridgehead atoms. The summed E-state index contributed by atoms with van der Waals surface area (Å²) < 4.78 is 0. The van der Waals surface area contributed by atoms with Crippen LogP contribution in [0.4, 0.5) is 0 Å². The lowest BCUT2D eigenvalue weighted by Gasteiger charge is -2.07. The Morgan fingerprint density at radius 3 is 2.62 bits per heavy atom. The topological polar surface area (TPSA) is 12.4 Å². The van der Waals surface area contributed by atoms with Gasteiger partial charge in [-0.25, -0.2) is 0 Å². The second-order valence-corrected chi connectivity index (χ2v) is 4.14. The smallest absolute Gasteiger partial charge is 0.0532 e. The van der Waals surface area contributed by atoms with Gasteiger partial charge in [-0.2, -0.15) is 0 Å². The van der Waals surface area contributed by atoms with Crippen LogP contribution in [0.1, 0.15) is 12.5 Å². The van der Waals surface area contributed by atoms with E-state index in [0.717, 1.165) is 17.6 Å². The minimum Gasteiger partial charge on any atom is -0.289 e. The fourth-order valence-electron chi connectivity index (χ4n) is 1.87. The van der Waals surface area contributed by atoms with E-state index in [1.165, 1.54) is 16.3 Å². The largest absolute Gasteiger partial charge is 0.289 e. The highest BCUT2D eigenvalue weighted by molar-refractivity contribution is 9.09. The minimum atomic E-state index is 0.800. The third-order valence-electron chi connectivity index (χ3n) is 2.58. The molecule has 0 radical (unpaired) electrons. The maximum Gasteiger partial charge on any atom is 0.0532 e. The highest BCUT2D eigenvalue weighted by Crippen LogP contribution is 2.19. The summed E-state index contributed by atoms with van der Waals surface area (Å²) in [5.74, 6) is 0. The highest BCUT2D eigenvalue weighted by atomic mass is 79.9. The van der Waals surface area contributed by atoms with Gasteiger partial charge in [-0.05, 0) is 17.7 Å². The Kier molecular flexibility index (Phi) is 3.73. The summed E-state index contributed by atoms with van der Waals surface area (Å²) in [6.07, 6.45) is 0. The van der Waals surface area contributed by atoms with Crippen molar-refractivity contribution >= 4 is 32.4 Å². The Hall–Kier alpha value is -1.15. The van der Waals surface area contributed by atoms with Crippen LogP contribution in [0.15, 0.2) is 47.5 Å². The Bertz CT molecular complexity index is 512. The van der Waals surface area contributed by atoms with Crippen LogP contribution in [0.5, 0.6) is 0 Å². The standard InChI is InChI=1S/C14H14BrN/c1-2-16-14(10-15)13-9-5-7-11-6-3-4-8-12(11)13/h3-9H,2,10H2,1H3. The van der Waals surface area contributed by atoms with E-state index < -0.39 is 0 Å². The summed E-state index contributed by atoms with van der Waals surface area (Å²) in [7, 11) is 0. The molecule has 0 aromatic heterocycles. The van der Waals surface area contributed by atoms with E-state index in [1.54, 1.807) is 0 Å². The highest BCUT2D eigenvalue weighted by Gasteiger charge is 2.05. The Labute approximate surface area is 104 Å². The zero-order valence-corrected chi connectivity index (χ0v) is 10.9. The molecular formula is C14H14BrN. The third kappa shape index (κ3) is 2.17. The molecule has 82 valence electrons. The quantitative estimate of drug-likeness (QED) is 0.592. The molecule has 2 rings (SSSR count). The molecular weight excluding hydrogens is 262 g/mol.